The summed E-state index contributed by atoms with van der Waals surface area (Å²) in [7, 11) is 0. The molecule has 0 aromatic rings. The van der Waals surface area contributed by atoms with E-state index >= 15 is 0 Å². The molecule has 2 aliphatic rings. The van der Waals surface area contributed by atoms with Gasteiger partial charge in [-0.15, -0.1) is 0 Å². The van der Waals surface area contributed by atoms with Crippen molar-refractivity contribution in [3.8, 4) is 0 Å². The predicted octanol–water partition coefficient (Wildman–Crippen LogP) is 1.78. The molecule has 1 atom stereocenters. The molecule has 0 unspecified atom stereocenters. The van der Waals surface area contributed by atoms with Gasteiger partial charge in [-0.1, -0.05) is 11.6 Å². The smallest absolute Gasteiger partial charge is 0.317 e. The monoisotopic (exact) mass is 279 g/mol. The molecule has 0 aromatic heterocycles. The van der Waals surface area contributed by atoms with Gasteiger partial charge in [-0.05, 0) is 44.4 Å². The largest absolute Gasteiger partial charge is 0.370 e. The third kappa shape index (κ3) is 4.54. The van der Waals surface area contributed by atoms with Crippen LogP contribution in [0.5, 0.6) is 0 Å². The molecule has 1 heterocycles. The van der Waals surface area contributed by atoms with E-state index in [9.17, 15) is 9.59 Å². The van der Waals surface area contributed by atoms with Gasteiger partial charge in [0, 0.05) is 26.1 Å². The first-order valence-electron chi connectivity index (χ1n) is 7.64. The second kappa shape index (κ2) is 7.31. The quantitative estimate of drug-likeness (QED) is 0.753. The number of allylic oxidation sites excluding steroid dienone is 1. The van der Waals surface area contributed by atoms with Gasteiger partial charge in [0.2, 0.25) is 5.91 Å². The Balaban J connectivity index is 1.69. The highest BCUT2D eigenvalue weighted by atomic mass is 16.2. The lowest BCUT2D eigenvalue weighted by Gasteiger charge is -2.32. The van der Waals surface area contributed by atoms with Crippen LogP contribution in [0.1, 0.15) is 44.9 Å². The third-order valence-electron chi connectivity index (χ3n) is 4.15. The molecule has 5 nitrogen and oxygen atoms in total. The van der Waals surface area contributed by atoms with E-state index in [0.717, 1.165) is 25.8 Å². The van der Waals surface area contributed by atoms with Crippen LogP contribution in [0.2, 0.25) is 0 Å². The molecule has 0 radical (unpaired) electrons. The molecule has 1 aliphatic carbocycles. The van der Waals surface area contributed by atoms with Crippen LogP contribution >= 0.6 is 0 Å². The van der Waals surface area contributed by atoms with Gasteiger partial charge in [0.25, 0.3) is 0 Å². The summed E-state index contributed by atoms with van der Waals surface area (Å²) in [6.07, 6.45) is 9.20. The van der Waals surface area contributed by atoms with Crippen LogP contribution in [0.3, 0.4) is 0 Å². The van der Waals surface area contributed by atoms with Crippen molar-refractivity contribution in [1.29, 1.82) is 0 Å². The fraction of sp³-hybridized carbons (Fsp3) is 0.733. The lowest BCUT2D eigenvalue weighted by molar-refractivity contribution is -0.119. The Labute approximate surface area is 120 Å². The van der Waals surface area contributed by atoms with Crippen LogP contribution in [0.15, 0.2) is 11.6 Å². The average molecular weight is 279 g/mol. The van der Waals surface area contributed by atoms with Gasteiger partial charge in [-0.3, -0.25) is 4.79 Å². The highest BCUT2D eigenvalue weighted by molar-refractivity contribution is 5.75. The van der Waals surface area contributed by atoms with Crippen LogP contribution in [0, 0.1) is 5.92 Å². The Morgan fingerprint density at radius 1 is 1.40 bits per heavy atom. The molecule has 5 heteroatoms. The maximum absolute atomic E-state index is 12.1. The van der Waals surface area contributed by atoms with E-state index in [0.29, 0.717) is 19.5 Å². The minimum Gasteiger partial charge on any atom is -0.370 e. The molecule has 0 aromatic carbocycles. The zero-order chi connectivity index (χ0) is 14.4. The van der Waals surface area contributed by atoms with Gasteiger partial charge in [0.05, 0.1) is 0 Å². The average Bonchev–Trinajstić information content (AvgIpc) is 2.91. The Bertz CT molecular complexity index is 393. The Morgan fingerprint density at radius 2 is 2.25 bits per heavy atom. The molecule has 3 amide bonds. The Morgan fingerprint density at radius 3 is 2.95 bits per heavy atom. The summed E-state index contributed by atoms with van der Waals surface area (Å²) >= 11 is 0. The maximum Gasteiger partial charge on any atom is 0.317 e. The summed E-state index contributed by atoms with van der Waals surface area (Å²) in [5, 5.41) is 2.98. The molecule has 0 saturated carbocycles. The topological polar surface area (TPSA) is 75.4 Å². The summed E-state index contributed by atoms with van der Waals surface area (Å²) in [6, 6.07) is -0.00207. The van der Waals surface area contributed by atoms with Crippen molar-refractivity contribution in [2.45, 2.75) is 44.9 Å². The maximum atomic E-state index is 12.1. The van der Waals surface area contributed by atoms with E-state index < -0.39 is 0 Å². The van der Waals surface area contributed by atoms with E-state index in [2.05, 4.69) is 11.4 Å². The van der Waals surface area contributed by atoms with E-state index in [1.165, 1.54) is 24.8 Å². The minimum atomic E-state index is -0.273. The van der Waals surface area contributed by atoms with Gasteiger partial charge < -0.3 is 16.0 Å². The van der Waals surface area contributed by atoms with Crippen molar-refractivity contribution in [2.75, 3.05) is 19.6 Å². The first-order valence-corrected chi connectivity index (χ1v) is 7.64. The van der Waals surface area contributed by atoms with E-state index in [-0.39, 0.29) is 17.9 Å². The summed E-state index contributed by atoms with van der Waals surface area (Å²) in [4.78, 5) is 24.9. The Kier molecular flexibility index (Phi) is 5.44. The molecule has 20 heavy (non-hydrogen) atoms. The zero-order valence-corrected chi connectivity index (χ0v) is 12.1. The van der Waals surface area contributed by atoms with Crippen LogP contribution in [-0.2, 0) is 4.79 Å². The van der Waals surface area contributed by atoms with Gasteiger partial charge in [0.15, 0.2) is 0 Å². The number of likely N-dealkylation sites (tertiary alicyclic amines) is 1. The minimum absolute atomic E-state index is 0.00207. The lowest BCUT2D eigenvalue weighted by atomic mass is 9.95. The number of piperidine rings is 1. The second-order valence-electron chi connectivity index (χ2n) is 5.86. The SMILES string of the molecule is NC(=O)C[C@H]1CCCN(C(=O)NCCC2=CCCC2)C1. The van der Waals surface area contributed by atoms with Crippen LogP contribution in [0.4, 0.5) is 4.79 Å². The molecule has 3 N–H and O–H groups in total. The molecule has 0 bridgehead atoms. The predicted molar refractivity (Wildman–Crippen MR) is 78.1 cm³/mol. The standard InChI is InChI=1S/C15H25N3O2/c16-14(19)10-13-6-3-9-18(11-13)15(20)17-8-7-12-4-1-2-5-12/h4,13H,1-3,5-11H2,(H2,16,19)(H,17,20)/t13-/m1/s1. The molecule has 1 aliphatic heterocycles. The van der Waals surface area contributed by atoms with Crippen molar-refractivity contribution in [1.82, 2.24) is 10.2 Å². The molecular formula is C15H25N3O2. The number of rotatable bonds is 5. The van der Waals surface area contributed by atoms with Crippen molar-refractivity contribution in [2.24, 2.45) is 11.7 Å². The first-order chi connectivity index (χ1) is 9.65. The zero-order valence-electron chi connectivity index (χ0n) is 12.1. The number of nitrogens with zero attached hydrogens (tertiary/aromatic N) is 1. The number of amides is 3. The summed E-state index contributed by atoms with van der Waals surface area (Å²) in [6.45, 7) is 2.14. The normalized spacial score (nSPS) is 22.5. The number of nitrogens with one attached hydrogen (secondary N) is 1. The molecule has 1 fully saturated rings. The Hall–Kier alpha value is -1.52. The summed E-state index contributed by atoms with van der Waals surface area (Å²) in [5.74, 6) is -0.0463. The van der Waals surface area contributed by atoms with Crippen LogP contribution in [0.25, 0.3) is 0 Å². The van der Waals surface area contributed by atoms with Crippen molar-refractivity contribution in [3.63, 3.8) is 0 Å². The number of nitrogens with two attached hydrogens (primary N) is 1. The number of hydrogen-bond donors (Lipinski definition) is 2. The molecule has 0 spiro atoms. The number of carbonyl (C=O) groups excluding carboxylic acids is 2. The van der Waals surface area contributed by atoms with E-state index in [4.69, 9.17) is 5.73 Å². The third-order valence-corrected chi connectivity index (χ3v) is 4.15. The van der Waals surface area contributed by atoms with Crippen molar-refractivity contribution >= 4 is 11.9 Å². The van der Waals surface area contributed by atoms with Gasteiger partial charge >= 0.3 is 6.03 Å². The highest BCUT2D eigenvalue weighted by Crippen LogP contribution is 2.21. The van der Waals surface area contributed by atoms with Crippen LogP contribution < -0.4 is 11.1 Å². The second-order valence-corrected chi connectivity index (χ2v) is 5.86. The number of primary amides is 1. The van der Waals surface area contributed by atoms with Gasteiger partial charge in [-0.2, -0.15) is 0 Å². The fourth-order valence-electron chi connectivity index (χ4n) is 3.11. The van der Waals surface area contributed by atoms with Gasteiger partial charge in [-0.25, -0.2) is 4.79 Å². The first kappa shape index (κ1) is 14.9. The lowest BCUT2D eigenvalue weighted by Crippen LogP contribution is -2.46. The van der Waals surface area contributed by atoms with Crippen LogP contribution in [-0.4, -0.2) is 36.5 Å². The van der Waals surface area contributed by atoms with E-state index in [1.54, 1.807) is 0 Å². The fourth-order valence-corrected chi connectivity index (χ4v) is 3.11. The molecule has 1 saturated heterocycles. The van der Waals surface area contributed by atoms with E-state index in [1.807, 2.05) is 4.90 Å². The number of carbonyl (C=O) groups is 2. The van der Waals surface area contributed by atoms with Crippen molar-refractivity contribution < 1.29 is 9.59 Å². The number of urea groups is 1. The number of hydrogen-bond acceptors (Lipinski definition) is 2. The molecule has 112 valence electrons. The van der Waals surface area contributed by atoms with Crippen molar-refractivity contribution in [3.05, 3.63) is 11.6 Å². The molecule has 2 rings (SSSR count). The molecular weight excluding hydrogens is 254 g/mol. The summed E-state index contributed by atoms with van der Waals surface area (Å²) < 4.78 is 0. The highest BCUT2D eigenvalue weighted by Gasteiger charge is 2.24. The van der Waals surface area contributed by atoms with Gasteiger partial charge in [0.1, 0.15) is 0 Å². The summed E-state index contributed by atoms with van der Waals surface area (Å²) in [5.41, 5.74) is 6.70.